The molecule has 0 bridgehead atoms. The number of likely N-dealkylation sites (N-methyl/N-ethyl adjacent to an activating group) is 1. The van der Waals surface area contributed by atoms with Gasteiger partial charge in [-0.05, 0) is 99.8 Å². The van der Waals surface area contributed by atoms with Gasteiger partial charge in [0.1, 0.15) is 17.4 Å². The number of aliphatic hydroxyl groups is 1. The maximum Gasteiger partial charge on any atom is 0.321 e. The molecular formula is C35H44F2N4O7S. The lowest BCUT2D eigenvalue weighted by atomic mass is 10.0. The number of aliphatic hydroxyl groups excluding tert-OH is 1. The predicted molar refractivity (Wildman–Crippen MR) is 182 cm³/mol. The molecule has 0 aliphatic carbocycles. The van der Waals surface area contributed by atoms with Crippen molar-refractivity contribution in [3.63, 3.8) is 0 Å². The number of halogens is 2. The van der Waals surface area contributed by atoms with Crippen LogP contribution in [-0.4, -0.2) is 86.9 Å². The Morgan fingerprint density at radius 3 is 2.31 bits per heavy atom. The molecule has 1 heterocycles. The zero-order valence-corrected chi connectivity index (χ0v) is 28.9. The SMILES string of the molecule is C[C@H]1CCCCO[C@H](CN(C)C(=O)Nc2ccc(F)cc2)[C@@H](C)CN([C@@H](C)CO)C(=O)c2cc(NS(=O)(=O)c3ccc(F)cc3)ccc2O1. The molecule has 266 valence electrons. The second kappa shape index (κ2) is 16.9. The minimum Gasteiger partial charge on any atom is -0.490 e. The molecular weight excluding hydrogens is 658 g/mol. The normalized spacial score (nSPS) is 19.9. The molecule has 0 aromatic heterocycles. The highest BCUT2D eigenvalue weighted by molar-refractivity contribution is 7.92. The average molecular weight is 703 g/mol. The minimum absolute atomic E-state index is 0.0870. The van der Waals surface area contributed by atoms with E-state index in [1.54, 1.807) is 14.0 Å². The molecule has 3 aromatic carbocycles. The lowest BCUT2D eigenvalue weighted by Gasteiger charge is -2.35. The molecule has 4 rings (SSSR count). The topological polar surface area (TPSA) is 138 Å². The number of ether oxygens (including phenoxy) is 2. The van der Waals surface area contributed by atoms with Gasteiger partial charge in [0.25, 0.3) is 15.9 Å². The van der Waals surface area contributed by atoms with E-state index < -0.39 is 45.7 Å². The number of fused-ring (bicyclic) bond motifs is 1. The van der Waals surface area contributed by atoms with Gasteiger partial charge in [0.05, 0.1) is 35.3 Å². The fourth-order valence-electron chi connectivity index (χ4n) is 5.38. The van der Waals surface area contributed by atoms with Gasteiger partial charge < -0.3 is 29.7 Å². The fourth-order valence-corrected chi connectivity index (χ4v) is 6.43. The predicted octanol–water partition coefficient (Wildman–Crippen LogP) is 5.73. The Labute approximate surface area is 286 Å². The maximum atomic E-state index is 14.3. The number of carbonyl (C=O) groups excluding carboxylic acids is 2. The third kappa shape index (κ3) is 10.4. The summed E-state index contributed by atoms with van der Waals surface area (Å²) < 4.78 is 67.9. The number of nitrogens with zero attached hydrogens (tertiary/aromatic N) is 2. The van der Waals surface area contributed by atoms with Crippen LogP contribution in [0.1, 0.15) is 50.4 Å². The third-order valence-electron chi connectivity index (χ3n) is 8.32. The third-order valence-corrected chi connectivity index (χ3v) is 9.72. The Kier molecular flexibility index (Phi) is 13.0. The summed E-state index contributed by atoms with van der Waals surface area (Å²) >= 11 is 0. The van der Waals surface area contributed by atoms with E-state index in [4.69, 9.17) is 9.47 Å². The van der Waals surface area contributed by atoms with Gasteiger partial charge in [-0.25, -0.2) is 22.0 Å². The van der Waals surface area contributed by atoms with Gasteiger partial charge in [-0.15, -0.1) is 0 Å². The number of urea groups is 1. The van der Waals surface area contributed by atoms with Crippen LogP contribution in [0.5, 0.6) is 5.75 Å². The molecule has 3 aromatic rings. The largest absolute Gasteiger partial charge is 0.490 e. The van der Waals surface area contributed by atoms with Gasteiger partial charge in [0, 0.05) is 44.0 Å². The number of hydrogen-bond donors (Lipinski definition) is 3. The van der Waals surface area contributed by atoms with Crippen molar-refractivity contribution in [2.24, 2.45) is 5.92 Å². The van der Waals surface area contributed by atoms with Crippen LogP contribution in [0.3, 0.4) is 0 Å². The molecule has 14 heteroatoms. The van der Waals surface area contributed by atoms with Gasteiger partial charge in [-0.2, -0.15) is 0 Å². The first kappa shape index (κ1) is 37.5. The van der Waals surface area contributed by atoms with Crippen LogP contribution in [0, 0.1) is 17.6 Å². The Morgan fingerprint density at radius 2 is 1.65 bits per heavy atom. The first-order chi connectivity index (χ1) is 23.3. The van der Waals surface area contributed by atoms with Crippen LogP contribution in [-0.2, 0) is 14.8 Å². The maximum absolute atomic E-state index is 14.3. The number of anilines is 2. The van der Waals surface area contributed by atoms with E-state index in [1.807, 2.05) is 13.8 Å². The fraction of sp³-hybridized carbons (Fsp3) is 0.429. The summed E-state index contributed by atoms with van der Waals surface area (Å²) in [6, 6.07) is 13.1. The summed E-state index contributed by atoms with van der Waals surface area (Å²) in [6.07, 6.45) is 1.32. The van der Waals surface area contributed by atoms with E-state index in [2.05, 4.69) is 10.0 Å². The van der Waals surface area contributed by atoms with Gasteiger partial charge in [0.15, 0.2) is 0 Å². The molecule has 0 spiro atoms. The lowest BCUT2D eigenvalue weighted by molar-refractivity contribution is -0.0115. The highest BCUT2D eigenvalue weighted by atomic mass is 32.2. The van der Waals surface area contributed by atoms with E-state index in [-0.39, 0.29) is 53.6 Å². The smallest absolute Gasteiger partial charge is 0.321 e. The highest BCUT2D eigenvalue weighted by Crippen LogP contribution is 2.29. The average Bonchev–Trinajstić information content (AvgIpc) is 3.07. The highest BCUT2D eigenvalue weighted by Gasteiger charge is 2.31. The van der Waals surface area contributed by atoms with Gasteiger partial charge >= 0.3 is 6.03 Å². The van der Waals surface area contributed by atoms with Crippen LogP contribution in [0.4, 0.5) is 25.0 Å². The molecule has 0 unspecified atom stereocenters. The molecule has 1 aliphatic rings. The van der Waals surface area contributed by atoms with Crippen molar-refractivity contribution < 1.29 is 41.4 Å². The first-order valence-corrected chi connectivity index (χ1v) is 17.7. The van der Waals surface area contributed by atoms with Crippen molar-refractivity contribution in [3.8, 4) is 5.75 Å². The molecule has 0 radical (unpaired) electrons. The molecule has 4 atom stereocenters. The van der Waals surface area contributed by atoms with E-state index in [1.165, 1.54) is 52.3 Å². The molecule has 11 nitrogen and oxygen atoms in total. The number of carbonyl (C=O) groups is 2. The number of benzene rings is 3. The standard InChI is InChI=1S/C35H44F2N4O7S/c1-23-20-41(24(2)22-42)34(43)31-19-29(39-49(45,46)30-15-10-27(37)11-16-30)14-17-32(31)48-25(3)7-5-6-18-47-33(23)21-40(4)35(44)38-28-12-8-26(36)9-13-28/h8-17,19,23-25,33,39,42H,5-7,18,20-22H2,1-4H3,(H,38,44)/t23-,24-,25-,33+/m0/s1. The molecule has 0 saturated heterocycles. The minimum atomic E-state index is -4.12. The number of hydrogen-bond acceptors (Lipinski definition) is 7. The van der Waals surface area contributed by atoms with Crippen LogP contribution < -0.4 is 14.8 Å². The van der Waals surface area contributed by atoms with Crippen molar-refractivity contribution in [1.82, 2.24) is 9.80 Å². The summed E-state index contributed by atoms with van der Waals surface area (Å²) in [5.41, 5.74) is 0.610. The van der Waals surface area contributed by atoms with Crippen molar-refractivity contribution in [2.45, 2.75) is 63.2 Å². The molecule has 3 N–H and O–H groups in total. The Balaban J connectivity index is 1.62. The first-order valence-electron chi connectivity index (χ1n) is 16.2. The van der Waals surface area contributed by atoms with Crippen LogP contribution >= 0.6 is 0 Å². The van der Waals surface area contributed by atoms with E-state index in [0.717, 1.165) is 37.1 Å². The number of nitrogens with one attached hydrogen (secondary N) is 2. The molecule has 49 heavy (non-hydrogen) atoms. The summed E-state index contributed by atoms with van der Waals surface area (Å²) in [5.74, 6) is -1.58. The molecule has 0 fully saturated rings. The number of sulfonamides is 1. The Bertz CT molecular complexity index is 1680. The summed E-state index contributed by atoms with van der Waals surface area (Å²) in [7, 11) is -2.50. The van der Waals surface area contributed by atoms with Crippen molar-refractivity contribution in [1.29, 1.82) is 0 Å². The summed E-state index contributed by atoms with van der Waals surface area (Å²) in [4.78, 5) is 30.1. The van der Waals surface area contributed by atoms with Crippen LogP contribution in [0.15, 0.2) is 71.6 Å². The summed E-state index contributed by atoms with van der Waals surface area (Å²) in [6.45, 7) is 5.81. The van der Waals surface area contributed by atoms with Gasteiger partial charge in [-0.1, -0.05) is 6.92 Å². The van der Waals surface area contributed by atoms with E-state index >= 15 is 0 Å². The van der Waals surface area contributed by atoms with Crippen LogP contribution in [0.2, 0.25) is 0 Å². The van der Waals surface area contributed by atoms with E-state index in [0.29, 0.717) is 18.7 Å². The number of amides is 3. The summed E-state index contributed by atoms with van der Waals surface area (Å²) in [5, 5.41) is 12.9. The van der Waals surface area contributed by atoms with E-state index in [9.17, 15) is 31.9 Å². The van der Waals surface area contributed by atoms with Crippen LogP contribution in [0.25, 0.3) is 0 Å². The quantitative estimate of drug-likeness (QED) is 0.273. The molecule has 1 aliphatic heterocycles. The second-order valence-corrected chi connectivity index (χ2v) is 14.1. The van der Waals surface area contributed by atoms with Gasteiger partial charge in [-0.3, -0.25) is 9.52 Å². The van der Waals surface area contributed by atoms with Crippen molar-refractivity contribution in [3.05, 3.63) is 83.9 Å². The molecule has 0 saturated carbocycles. The van der Waals surface area contributed by atoms with Gasteiger partial charge in [0.2, 0.25) is 0 Å². The monoisotopic (exact) mass is 702 g/mol. The Morgan fingerprint density at radius 1 is 1.02 bits per heavy atom. The zero-order chi connectivity index (χ0) is 35.7. The lowest BCUT2D eigenvalue weighted by Crippen LogP contribution is -2.48. The molecule has 3 amide bonds. The number of rotatable bonds is 8. The van der Waals surface area contributed by atoms with Crippen molar-refractivity contribution in [2.75, 3.05) is 43.4 Å². The van der Waals surface area contributed by atoms with Crippen molar-refractivity contribution >= 4 is 33.3 Å². The second-order valence-electron chi connectivity index (χ2n) is 12.4. The zero-order valence-electron chi connectivity index (χ0n) is 28.1. The Hall–Kier alpha value is -4.27.